The molecule has 0 heterocycles. The summed E-state index contributed by atoms with van der Waals surface area (Å²) in [5.41, 5.74) is 1.88. The Hall–Kier alpha value is -1.25. The van der Waals surface area contributed by atoms with Gasteiger partial charge in [-0.05, 0) is 26.3 Å². The molecule has 0 N–H and O–H groups in total. The Morgan fingerprint density at radius 2 is 1.92 bits per heavy atom. The third kappa shape index (κ3) is 3.81. The number of hydrogen-bond acceptors (Lipinski definition) is 3. The maximum atomic E-state index is 3.99. The molecule has 3 nitrogen and oxygen atoms in total. The highest BCUT2D eigenvalue weighted by Gasteiger charge is 1.94. The van der Waals surface area contributed by atoms with Crippen LogP contribution in [0.2, 0.25) is 0 Å². The van der Waals surface area contributed by atoms with Gasteiger partial charge in [0.15, 0.2) is 0 Å². The summed E-state index contributed by atoms with van der Waals surface area (Å²) in [5.74, 6) is 0. The molecule has 0 aromatic heterocycles. The summed E-state index contributed by atoms with van der Waals surface area (Å²) >= 11 is 0. The zero-order valence-corrected chi connectivity index (χ0v) is 8.07. The third-order valence-electron chi connectivity index (χ3n) is 1.30. The Kier molecular flexibility index (Phi) is 5.79. The van der Waals surface area contributed by atoms with Gasteiger partial charge in [0, 0.05) is 19.5 Å². The minimum absolute atomic E-state index is 0.864. The summed E-state index contributed by atoms with van der Waals surface area (Å²) in [4.78, 5) is 3.99. The summed E-state index contributed by atoms with van der Waals surface area (Å²) in [6.07, 6.45) is 5.41. The van der Waals surface area contributed by atoms with Gasteiger partial charge in [-0.15, -0.1) is 0 Å². The Morgan fingerprint density at radius 3 is 2.33 bits per heavy atom. The Labute approximate surface area is 73.6 Å². The van der Waals surface area contributed by atoms with Crippen molar-refractivity contribution in [1.29, 1.82) is 0 Å². The molecule has 0 aliphatic rings. The van der Waals surface area contributed by atoms with Gasteiger partial charge in [-0.3, -0.25) is 4.99 Å². The van der Waals surface area contributed by atoms with E-state index in [2.05, 4.69) is 15.2 Å². The molecule has 3 heteroatoms. The van der Waals surface area contributed by atoms with E-state index in [1.54, 1.807) is 19.5 Å². The number of rotatable bonds is 3. The molecule has 0 saturated heterocycles. The number of aliphatic imine (C=N–C) groups is 1. The van der Waals surface area contributed by atoms with Crippen molar-refractivity contribution in [2.45, 2.75) is 20.8 Å². The van der Waals surface area contributed by atoms with Crippen molar-refractivity contribution in [3.8, 4) is 0 Å². The fraction of sp³-hybridized carbons (Fsp3) is 0.444. The van der Waals surface area contributed by atoms with Gasteiger partial charge in [-0.1, -0.05) is 6.08 Å². The highest BCUT2D eigenvalue weighted by Crippen LogP contribution is 2.10. The zero-order valence-electron chi connectivity index (χ0n) is 8.07. The molecular formula is C9H15N3. The van der Waals surface area contributed by atoms with E-state index < -0.39 is 0 Å². The average molecular weight is 165 g/mol. The normalized spacial score (nSPS) is 15.0. The van der Waals surface area contributed by atoms with Crippen LogP contribution < -0.4 is 0 Å². The summed E-state index contributed by atoms with van der Waals surface area (Å²) in [7, 11) is 1.65. The van der Waals surface area contributed by atoms with E-state index in [4.69, 9.17) is 0 Å². The smallest absolute Gasteiger partial charge is 0.0854 e. The molecule has 0 aromatic carbocycles. The van der Waals surface area contributed by atoms with Gasteiger partial charge < -0.3 is 0 Å². The second kappa shape index (κ2) is 6.46. The maximum Gasteiger partial charge on any atom is 0.0854 e. The monoisotopic (exact) mass is 165 g/mol. The van der Waals surface area contributed by atoms with Gasteiger partial charge in [-0.2, -0.15) is 10.2 Å². The molecular weight excluding hydrogens is 150 g/mol. The van der Waals surface area contributed by atoms with E-state index in [1.807, 2.05) is 26.8 Å². The van der Waals surface area contributed by atoms with Crippen molar-refractivity contribution in [1.82, 2.24) is 0 Å². The molecule has 0 fully saturated rings. The number of allylic oxidation sites excluding steroid dienone is 2. The van der Waals surface area contributed by atoms with Gasteiger partial charge in [0.25, 0.3) is 0 Å². The van der Waals surface area contributed by atoms with Gasteiger partial charge in [0.1, 0.15) is 0 Å². The van der Waals surface area contributed by atoms with Crippen molar-refractivity contribution in [2.24, 2.45) is 15.2 Å². The summed E-state index contributed by atoms with van der Waals surface area (Å²) < 4.78 is 0. The topological polar surface area (TPSA) is 37.1 Å². The minimum atomic E-state index is 0.864. The lowest BCUT2D eigenvalue weighted by molar-refractivity contribution is 1.08. The summed E-state index contributed by atoms with van der Waals surface area (Å²) in [6, 6.07) is 0. The summed E-state index contributed by atoms with van der Waals surface area (Å²) in [5, 5.41) is 7.64. The third-order valence-corrected chi connectivity index (χ3v) is 1.30. The van der Waals surface area contributed by atoms with Crippen LogP contribution in [0.5, 0.6) is 0 Å². The van der Waals surface area contributed by atoms with Crippen LogP contribution in [0, 0.1) is 0 Å². The zero-order chi connectivity index (χ0) is 9.40. The maximum absolute atomic E-state index is 3.99. The molecule has 0 atom stereocenters. The molecule has 0 aromatic rings. The van der Waals surface area contributed by atoms with E-state index in [0.29, 0.717) is 0 Å². The molecule has 66 valence electrons. The second-order valence-corrected chi connectivity index (χ2v) is 2.19. The molecule has 0 bridgehead atoms. The van der Waals surface area contributed by atoms with Crippen molar-refractivity contribution in [3.05, 3.63) is 23.5 Å². The molecule has 0 rings (SSSR count). The van der Waals surface area contributed by atoms with E-state index in [-0.39, 0.29) is 0 Å². The largest absolute Gasteiger partial charge is 0.269 e. The number of azo groups is 1. The Balaban J connectivity index is 4.53. The average Bonchev–Trinajstić information content (AvgIpc) is 2.10. The minimum Gasteiger partial charge on any atom is -0.269 e. The Bertz CT molecular complexity index is 234. The molecule has 0 aliphatic heterocycles. The SMILES string of the molecule is C/C=N/C=C(C)\C(=C/C)\N=N/C. The first-order valence-electron chi connectivity index (χ1n) is 3.87. The van der Waals surface area contributed by atoms with Crippen LogP contribution in [0.3, 0.4) is 0 Å². The lowest BCUT2D eigenvalue weighted by Crippen LogP contribution is -1.79. The van der Waals surface area contributed by atoms with Crippen molar-refractivity contribution in [3.63, 3.8) is 0 Å². The lowest BCUT2D eigenvalue weighted by atomic mass is 10.2. The van der Waals surface area contributed by atoms with Gasteiger partial charge in [0.05, 0.1) is 5.70 Å². The highest BCUT2D eigenvalue weighted by atomic mass is 15.1. The standard InChI is InChI=1S/C9H15N3/c1-5-9(12-10-4)8(3)7-11-6-2/h5-7H,1-4H3/b8-7-,9-5+,11-6+,12-10-. The lowest BCUT2D eigenvalue weighted by Gasteiger charge is -1.96. The van der Waals surface area contributed by atoms with Crippen LogP contribution >= 0.6 is 0 Å². The van der Waals surface area contributed by atoms with Crippen LogP contribution in [-0.4, -0.2) is 13.3 Å². The predicted molar refractivity (Wildman–Crippen MR) is 52.5 cm³/mol. The first kappa shape index (κ1) is 10.8. The highest BCUT2D eigenvalue weighted by molar-refractivity contribution is 5.54. The van der Waals surface area contributed by atoms with E-state index in [9.17, 15) is 0 Å². The van der Waals surface area contributed by atoms with Crippen LogP contribution in [-0.2, 0) is 0 Å². The first-order chi connectivity index (χ1) is 5.76. The fourth-order valence-corrected chi connectivity index (χ4v) is 0.724. The van der Waals surface area contributed by atoms with Crippen molar-refractivity contribution in [2.75, 3.05) is 7.05 Å². The van der Waals surface area contributed by atoms with Gasteiger partial charge >= 0.3 is 0 Å². The van der Waals surface area contributed by atoms with Gasteiger partial charge in [-0.25, -0.2) is 0 Å². The van der Waals surface area contributed by atoms with E-state index in [0.717, 1.165) is 11.3 Å². The molecule has 0 unspecified atom stereocenters. The number of hydrogen-bond donors (Lipinski definition) is 0. The molecule has 0 radical (unpaired) electrons. The van der Waals surface area contributed by atoms with Crippen LogP contribution in [0.1, 0.15) is 20.8 Å². The molecule has 0 amide bonds. The van der Waals surface area contributed by atoms with Gasteiger partial charge in [0.2, 0.25) is 0 Å². The second-order valence-electron chi connectivity index (χ2n) is 2.19. The van der Waals surface area contributed by atoms with Crippen molar-refractivity contribution >= 4 is 6.21 Å². The number of nitrogens with zero attached hydrogens (tertiary/aromatic N) is 3. The summed E-state index contributed by atoms with van der Waals surface area (Å²) in [6.45, 7) is 5.76. The molecule has 0 saturated carbocycles. The van der Waals surface area contributed by atoms with E-state index >= 15 is 0 Å². The van der Waals surface area contributed by atoms with Crippen LogP contribution in [0.4, 0.5) is 0 Å². The molecule has 0 aliphatic carbocycles. The van der Waals surface area contributed by atoms with Crippen LogP contribution in [0.25, 0.3) is 0 Å². The molecule has 12 heavy (non-hydrogen) atoms. The fourth-order valence-electron chi connectivity index (χ4n) is 0.724. The quantitative estimate of drug-likeness (QED) is 0.350. The first-order valence-corrected chi connectivity index (χ1v) is 3.87. The predicted octanol–water partition coefficient (Wildman–Crippen LogP) is 2.97. The van der Waals surface area contributed by atoms with Crippen LogP contribution in [0.15, 0.2) is 38.8 Å². The van der Waals surface area contributed by atoms with E-state index in [1.165, 1.54) is 0 Å². The molecule has 0 spiro atoms. The Morgan fingerprint density at radius 1 is 1.25 bits per heavy atom. The van der Waals surface area contributed by atoms with Crippen molar-refractivity contribution < 1.29 is 0 Å².